The Labute approximate surface area is 130 Å². The largest absolute Gasteiger partial charge is 0.435 e. The van der Waals surface area contributed by atoms with Gasteiger partial charge < -0.3 is 10.1 Å². The molecule has 0 spiro atoms. The van der Waals surface area contributed by atoms with Crippen molar-refractivity contribution < 1.29 is 22.7 Å². The Bertz CT molecular complexity index is 555. The molecule has 1 amide bonds. The van der Waals surface area contributed by atoms with Crippen molar-refractivity contribution in [2.75, 3.05) is 18.1 Å². The average Bonchev–Trinajstić information content (AvgIpc) is 2.52. The van der Waals surface area contributed by atoms with E-state index >= 15 is 0 Å². The molecule has 1 aliphatic heterocycles. The quantitative estimate of drug-likeness (QED) is 0.893. The van der Waals surface area contributed by atoms with Crippen LogP contribution in [0, 0.1) is 0 Å². The minimum Gasteiger partial charge on any atom is -0.435 e. The lowest BCUT2D eigenvalue weighted by molar-refractivity contribution is -0.0498. The van der Waals surface area contributed by atoms with Crippen LogP contribution in [0.1, 0.15) is 23.2 Å². The number of hydrogen-bond acceptors (Lipinski definition) is 3. The molecule has 1 aromatic carbocycles. The summed E-state index contributed by atoms with van der Waals surface area (Å²) in [6, 6.07) is 5.41. The molecule has 1 heterocycles. The normalized spacial score (nSPS) is 14.8. The highest BCUT2D eigenvalue weighted by atomic mass is 32.2. The average molecular weight is 331 g/mol. The van der Waals surface area contributed by atoms with Crippen molar-refractivity contribution in [1.29, 1.82) is 0 Å². The smallest absolute Gasteiger partial charge is 0.387 e. The molecule has 1 aromatic rings. The van der Waals surface area contributed by atoms with Gasteiger partial charge in [0.05, 0.1) is 6.54 Å². The first-order chi connectivity index (χ1) is 10.6. The van der Waals surface area contributed by atoms with Gasteiger partial charge in [-0.1, -0.05) is 6.07 Å². The number of carbonyl (C=O) groups is 1. The first kappa shape index (κ1) is 16.7. The number of ether oxygens (including phenoxy) is 1. The van der Waals surface area contributed by atoms with Crippen molar-refractivity contribution in [1.82, 2.24) is 5.32 Å². The van der Waals surface area contributed by atoms with Crippen LogP contribution in [0.2, 0.25) is 0 Å². The van der Waals surface area contributed by atoms with Gasteiger partial charge in [0.1, 0.15) is 11.6 Å². The van der Waals surface area contributed by atoms with Crippen LogP contribution in [0.4, 0.5) is 13.2 Å². The van der Waals surface area contributed by atoms with Gasteiger partial charge in [-0.15, -0.1) is 0 Å². The Morgan fingerprint density at radius 3 is 2.73 bits per heavy atom. The van der Waals surface area contributed by atoms with Crippen LogP contribution in [0.3, 0.4) is 0 Å². The molecule has 7 heteroatoms. The molecule has 1 aliphatic rings. The molecule has 0 aliphatic carbocycles. The molecule has 0 radical (unpaired) electrons. The van der Waals surface area contributed by atoms with Gasteiger partial charge in [0.25, 0.3) is 5.91 Å². The van der Waals surface area contributed by atoms with Gasteiger partial charge in [-0.2, -0.15) is 20.5 Å². The fourth-order valence-electron chi connectivity index (χ4n) is 2.09. The molecule has 3 nitrogen and oxygen atoms in total. The molecule has 1 saturated heterocycles. The van der Waals surface area contributed by atoms with Gasteiger partial charge in [-0.05, 0) is 48.1 Å². The second-order valence-corrected chi connectivity index (χ2v) is 5.93. The topological polar surface area (TPSA) is 38.3 Å². The standard InChI is InChI=1S/C15H16F3NO2S/c16-13(10-4-6-22-7-5-10)9-19-14(20)11-2-1-3-12(8-11)21-15(17)18/h1-3,8,15H,4-7,9H2,(H,19,20). The Kier molecular flexibility index (Phi) is 6.18. The number of allylic oxidation sites excluding steroid dienone is 1. The van der Waals surface area contributed by atoms with Crippen molar-refractivity contribution in [3.05, 3.63) is 41.2 Å². The van der Waals surface area contributed by atoms with Crippen molar-refractivity contribution in [3.8, 4) is 5.75 Å². The summed E-state index contributed by atoms with van der Waals surface area (Å²) in [7, 11) is 0. The van der Waals surface area contributed by atoms with Crippen LogP contribution in [0.25, 0.3) is 0 Å². The summed E-state index contributed by atoms with van der Waals surface area (Å²) in [6.45, 7) is -3.14. The van der Waals surface area contributed by atoms with E-state index < -0.39 is 12.5 Å². The number of thioether (sulfide) groups is 1. The fourth-order valence-corrected chi connectivity index (χ4v) is 3.07. The third-order valence-electron chi connectivity index (χ3n) is 3.21. The van der Waals surface area contributed by atoms with Crippen molar-refractivity contribution in [3.63, 3.8) is 0 Å². The van der Waals surface area contributed by atoms with E-state index in [1.165, 1.54) is 24.3 Å². The van der Waals surface area contributed by atoms with Gasteiger partial charge >= 0.3 is 6.61 Å². The Morgan fingerprint density at radius 2 is 2.05 bits per heavy atom. The highest BCUT2D eigenvalue weighted by Crippen LogP contribution is 2.25. The van der Waals surface area contributed by atoms with E-state index in [1.54, 1.807) is 11.8 Å². The number of benzene rings is 1. The molecular formula is C15H16F3NO2S. The predicted octanol–water partition coefficient (Wildman–Crippen LogP) is 3.77. The van der Waals surface area contributed by atoms with Gasteiger partial charge in [0.15, 0.2) is 0 Å². The number of amides is 1. The number of rotatable bonds is 5. The Morgan fingerprint density at radius 1 is 1.32 bits per heavy atom. The molecule has 0 saturated carbocycles. The molecule has 1 fully saturated rings. The molecule has 22 heavy (non-hydrogen) atoms. The maximum atomic E-state index is 13.9. The van der Waals surface area contributed by atoms with Crippen molar-refractivity contribution in [2.45, 2.75) is 19.5 Å². The molecule has 0 atom stereocenters. The van der Waals surface area contributed by atoms with E-state index in [1.807, 2.05) is 0 Å². The second kappa shape index (κ2) is 8.12. The number of alkyl halides is 2. The number of nitrogens with one attached hydrogen (secondary N) is 1. The van der Waals surface area contributed by atoms with E-state index in [-0.39, 0.29) is 23.7 Å². The van der Waals surface area contributed by atoms with Crippen LogP contribution >= 0.6 is 11.8 Å². The zero-order valence-electron chi connectivity index (χ0n) is 11.8. The van der Waals surface area contributed by atoms with Crippen LogP contribution < -0.4 is 10.1 Å². The highest BCUT2D eigenvalue weighted by Gasteiger charge is 2.14. The summed E-state index contributed by atoms with van der Waals surface area (Å²) >= 11 is 1.78. The summed E-state index contributed by atoms with van der Waals surface area (Å²) < 4.78 is 42.4. The minimum absolute atomic E-state index is 0.106. The lowest BCUT2D eigenvalue weighted by Gasteiger charge is -2.15. The third kappa shape index (κ3) is 4.98. The summed E-state index contributed by atoms with van der Waals surface area (Å²) in [6.07, 6.45) is 1.40. The van der Waals surface area contributed by atoms with E-state index in [0.29, 0.717) is 12.8 Å². The molecule has 2 rings (SSSR count). The minimum atomic E-state index is -2.95. The van der Waals surface area contributed by atoms with Crippen LogP contribution in [0.15, 0.2) is 35.7 Å². The van der Waals surface area contributed by atoms with Crippen LogP contribution in [-0.4, -0.2) is 30.6 Å². The predicted molar refractivity (Wildman–Crippen MR) is 80.1 cm³/mol. The SMILES string of the molecule is O=C(NCC(F)=C1CCSCC1)c1cccc(OC(F)F)c1. The molecule has 120 valence electrons. The van der Waals surface area contributed by atoms with Gasteiger partial charge in [0, 0.05) is 5.56 Å². The number of hydrogen-bond donors (Lipinski definition) is 1. The van der Waals surface area contributed by atoms with Crippen molar-refractivity contribution >= 4 is 17.7 Å². The molecule has 0 aromatic heterocycles. The fraction of sp³-hybridized carbons (Fsp3) is 0.400. The van der Waals surface area contributed by atoms with Gasteiger partial charge in [0.2, 0.25) is 0 Å². The molecule has 0 unspecified atom stereocenters. The highest BCUT2D eigenvalue weighted by molar-refractivity contribution is 7.99. The first-order valence-electron chi connectivity index (χ1n) is 6.83. The number of halogens is 3. The maximum Gasteiger partial charge on any atom is 0.387 e. The van der Waals surface area contributed by atoms with E-state index in [4.69, 9.17) is 0 Å². The van der Waals surface area contributed by atoms with Crippen LogP contribution in [-0.2, 0) is 0 Å². The summed E-state index contributed by atoms with van der Waals surface area (Å²) in [5, 5.41) is 2.45. The maximum absolute atomic E-state index is 13.9. The molecular weight excluding hydrogens is 315 g/mol. The van der Waals surface area contributed by atoms with E-state index in [0.717, 1.165) is 17.1 Å². The van der Waals surface area contributed by atoms with Crippen LogP contribution in [0.5, 0.6) is 5.75 Å². The molecule has 1 N–H and O–H groups in total. The summed E-state index contributed by atoms with van der Waals surface area (Å²) in [5.74, 6) is 0.841. The lowest BCUT2D eigenvalue weighted by atomic mass is 10.1. The summed E-state index contributed by atoms with van der Waals surface area (Å²) in [4.78, 5) is 11.9. The van der Waals surface area contributed by atoms with E-state index in [9.17, 15) is 18.0 Å². The van der Waals surface area contributed by atoms with E-state index in [2.05, 4.69) is 10.1 Å². The van der Waals surface area contributed by atoms with Gasteiger partial charge in [-0.25, -0.2) is 4.39 Å². The Balaban J connectivity index is 1.94. The molecule has 0 bridgehead atoms. The third-order valence-corrected chi connectivity index (χ3v) is 4.19. The Hall–Kier alpha value is -1.63. The van der Waals surface area contributed by atoms with Crippen molar-refractivity contribution in [2.24, 2.45) is 0 Å². The zero-order valence-corrected chi connectivity index (χ0v) is 12.6. The lowest BCUT2D eigenvalue weighted by Crippen LogP contribution is -2.25. The van der Waals surface area contributed by atoms with Gasteiger partial charge in [-0.3, -0.25) is 4.79 Å². The number of carbonyl (C=O) groups excluding carboxylic acids is 1. The second-order valence-electron chi connectivity index (χ2n) is 4.71. The zero-order chi connectivity index (χ0) is 15.9. The monoisotopic (exact) mass is 331 g/mol. The summed E-state index contributed by atoms with van der Waals surface area (Å²) in [5.41, 5.74) is 0.893. The first-order valence-corrected chi connectivity index (χ1v) is 7.99.